The van der Waals surface area contributed by atoms with Crippen LogP contribution >= 0.6 is 0 Å². The maximum Gasteiger partial charge on any atom is 0.229 e. The van der Waals surface area contributed by atoms with Crippen molar-refractivity contribution in [2.45, 2.75) is 93.5 Å². The number of carbonyl (C=O) groups excluding carboxylic acids is 3. The number of amides is 3. The van der Waals surface area contributed by atoms with Gasteiger partial charge in [0, 0.05) is 32.4 Å². The molecule has 0 spiro atoms. The van der Waals surface area contributed by atoms with Crippen LogP contribution in [0.15, 0.2) is 0 Å². The molecule has 260 valence electrons. The lowest BCUT2D eigenvalue weighted by molar-refractivity contribution is -0.359. The summed E-state index contributed by atoms with van der Waals surface area (Å²) >= 11 is 0. The van der Waals surface area contributed by atoms with Crippen LogP contribution in [-0.4, -0.2) is 179 Å². The van der Waals surface area contributed by atoms with Crippen molar-refractivity contribution < 1.29 is 78.6 Å². The van der Waals surface area contributed by atoms with Crippen LogP contribution in [0.1, 0.15) is 32.1 Å². The molecule has 3 aliphatic rings. The summed E-state index contributed by atoms with van der Waals surface area (Å²) in [7, 11) is 0. The molecule has 3 heterocycles. The number of aliphatic hydroxyl groups excluding tert-OH is 7. The Bertz CT molecular complexity index is 909. The van der Waals surface area contributed by atoms with E-state index in [2.05, 4.69) is 5.32 Å². The lowest BCUT2D eigenvalue weighted by Gasteiger charge is -2.45. The summed E-state index contributed by atoms with van der Waals surface area (Å²) in [6, 6.07) is 0. The summed E-state index contributed by atoms with van der Waals surface area (Å²) < 4.78 is 32.5. The Labute approximate surface area is 259 Å². The predicted molar refractivity (Wildman–Crippen MR) is 147 cm³/mol. The molecule has 0 bridgehead atoms. The summed E-state index contributed by atoms with van der Waals surface area (Å²) in [5.74, 6) is -0.478. The maximum absolute atomic E-state index is 11.9. The van der Waals surface area contributed by atoms with Crippen LogP contribution in [0.2, 0.25) is 0 Å². The molecule has 0 unspecified atom stereocenters. The highest BCUT2D eigenvalue weighted by Crippen LogP contribution is 2.29. The van der Waals surface area contributed by atoms with Gasteiger partial charge in [-0.15, -0.1) is 0 Å². The van der Waals surface area contributed by atoms with Crippen molar-refractivity contribution in [1.29, 1.82) is 0 Å². The van der Waals surface area contributed by atoms with Crippen LogP contribution in [0.4, 0.5) is 0 Å². The number of hydrogen-bond acceptors (Lipinski definition) is 16. The number of nitrogens with zero attached hydrogens (tertiary/aromatic N) is 1. The van der Waals surface area contributed by atoms with Crippen LogP contribution in [0.3, 0.4) is 0 Å². The normalized spacial score (nSPS) is 34.0. The fourth-order valence-corrected chi connectivity index (χ4v) is 5.02. The van der Waals surface area contributed by atoms with Crippen molar-refractivity contribution in [3.05, 3.63) is 0 Å². The molecule has 0 aromatic heterocycles. The van der Waals surface area contributed by atoms with E-state index in [1.54, 1.807) is 0 Å². The number of nitrogens with one attached hydrogen (secondary N) is 1. The largest absolute Gasteiger partial charge is 0.394 e. The Morgan fingerprint density at radius 3 is 2.02 bits per heavy atom. The van der Waals surface area contributed by atoms with E-state index >= 15 is 0 Å². The molecule has 8 N–H and O–H groups in total. The SMILES string of the molecule is O=C(CCCCN1C(=O)CCC1=O)NCCOCCOCCO[C@H]1O[C@H](CO)[C@@H](O[C@H]2O[C@H](CO)[C@H](O)[C@@H](O)[C@@H]2O)[C@H](O)[C@@H]1O. The van der Waals surface area contributed by atoms with Gasteiger partial charge in [0.2, 0.25) is 17.7 Å². The number of unbranched alkanes of at least 4 members (excludes halogenated alkanes) is 1. The smallest absolute Gasteiger partial charge is 0.229 e. The minimum Gasteiger partial charge on any atom is -0.394 e. The first-order chi connectivity index (χ1) is 21.6. The van der Waals surface area contributed by atoms with E-state index in [1.807, 2.05) is 0 Å². The first-order valence-electron chi connectivity index (χ1n) is 15.0. The van der Waals surface area contributed by atoms with Gasteiger partial charge in [-0.05, 0) is 12.8 Å². The zero-order chi connectivity index (χ0) is 32.9. The Morgan fingerprint density at radius 1 is 0.756 bits per heavy atom. The van der Waals surface area contributed by atoms with E-state index in [4.69, 9.17) is 28.4 Å². The highest BCUT2D eigenvalue weighted by Gasteiger charge is 2.50. The van der Waals surface area contributed by atoms with E-state index in [1.165, 1.54) is 4.90 Å². The van der Waals surface area contributed by atoms with Crippen LogP contribution in [-0.2, 0) is 42.8 Å². The molecule has 0 saturated carbocycles. The number of likely N-dealkylation sites (tertiary alicyclic amines) is 1. The Hall–Kier alpha value is -1.91. The second kappa shape index (κ2) is 19.0. The van der Waals surface area contributed by atoms with Crippen molar-refractivity contribution in [2.24, 2.45) is 0 Å². The van der Waals surface area contributed by atoms with Crippen molar-refractivity contribution in [1.82, 2.24) is 10.2 Å². The summed E-state index contributed by atoms with van der Waals surface area (Å²) in [6.07, 6.45) is -13.4. The third-order valence-corrected chi connectivity index (χ3v) is 7.60. The molecular formula is C27H46N2O16. The molecule has 18 heteroatoms. The monoisotopic (exact) mass is 654 g/mol. The fourth-order valence-electron chi connectivity index (χ4n) is 5.02. The Morgan fingerprint density at radius 2 is 1.36 bits per heavy atom. The zero-order valence-corrected chi connectivity index (χ0v) is 24.9. The van der Waals surface area contributed by atoms with E-state index in [9.17, 15) is 50.1 Å². The lowest BCUT2D eigenvalue weighted by Crippen LogP contribution is -2.64. The summed E-state index contributed by atoms with van der Waals surface area (Å²) in [5, 5.41) is 73.0. The molecule has 3 aliphatic heterocycles. The molecule has 3 amide bonds. The molecular weight excluding hydrogens is 608 g/mol. The van der Waals surface area contributed by atoms with E-state index in [0.717, 1.165) is 0 Å². The molecule has 0 aromatic carbocycles. The van der Waals surface area contributed by atoms with E-state index in [-0.39, 0.29) is 70.0 Å². The van der Waals surface area contributed by atoms with Crippen molar-refractivity contribution in [3.8, 4) is 0 Å². The second-order valence-electron chi connectivity index (χ2n) is 10.8. The minimum atomic E-state index is -1.76. The van der Waals surface area contributed by atoms with Gasteiger partial charge in [-0.3, -0.25) is 19.3 Å². The average molecular weight is 655 g/mol. The topological polar surface area (TPSA) is 263 Å². The van der Waals surface area contributed by atoms with Gasteiger partial charge in [-0.1, -0.05) is 0 Å². The highest BCUT2D eigenvalue weighted by atomic mass is 16.7. The van der Waals surface area contributed by atoms with Gasteiger partial charge in [0.1, 0.15) is 48.8 Å². The van der Waals surface area contributed by atoms with E-state index in [0.29, 0.717) is 25.9 Å². The van der Waals surface area contributed by atoms with Gasteiger partial charge in [-0.2, -0.15) is 0 Å². The summed E-state index contributed by atoms with van der Waals surface area (Å²) in [4.78, 5) is 36.3. The molecule has 10 atom stereocenters. The predicted octanol–water partition coefficient (Wildman–Crippen LogP) is -4.90. The number of hydrogen-bond donors (Lipinski definition) is 8. The fraction of sp³-hybridized carbons (Fsp3) is 0.889. The molecule has 0 radical (unpaired) electrons. The van der Waals surface area contributed by atoms with Crippen LogP contribution in [0, 0.1) is 0 Å². The molecule has 18 nitrogen and oxygen atoms in total. The van der Waals surface area contributed by atoms with Crippen LogP contribution in [0.25, 0.3) is 0 Å². The summed E-state index contributed by atoms with van der Waals surface area (Å²) in [5.41, 5.74) is 0. The molecule has 3 saturated heterocycles. The third-order valence-electron chi connectivity index (χ3n) is 7.60. The van der Waals surface area contributed by atoms with Crippen LogP contribution < -0.4 is 5.32 Å². The number of imide groups is 1. The number of rotatable bonds is 19. The number of ether oxygens (including phenoxy) is 6. The molecule has 45 heavy (non-hydrogen) atoms. The highest BCUT2D eigenvalue weighted by molar-refractivity contribution is 6.01. The van der Waals surface area contributed by atoms with Crippen molar-refractivity contribution in [2.75, 3.05) is 59.3 Å². The Kier molecular flexibility index (Phi) is 15.9. The average Bonchev–Trinajstić information content (AvgIpc) is 3.35. The van der Waals surface area contributed by atoms with Gasteiger partial charge in [0.25, 0.3) is 0 Å². The number of carbonyl (C=O) groups is 3. The van der Waals surface area contributed by atoms with Gasteiger partial charge >= 0.3 is 0 Å². The second-order valence-corrected chi connectivity index (χ2v) is 10.8. The van der Waals surface area contributed by atoms with Crippen LogP contribution in [0.5, 0.6) is 0 Å². The quantitative estimate of drug-likeness (QED) is 0.0479. The first-order valence-corrected chi connectivity index (χ1v) is 15.0. The van der Waals surface area contributed by atoms with Gasteiger partial charge in [0.05, 0.1) is 46.2 Å². The van der Waals surface area contributed by atoms with E-state index < -0.39 is 74.6 Å². The molecule has 0 aromatic rings. The molecule has 3 rings (SSSR count). The lowest BCUT2D eigenvalue weighted by atomic mass is 9.97. The Balaban J connectivity index is 1.23. The number of aliphatic hydroxyl groups is 7. The van der Waals surface area contributed by atoms with Gasteiger partial charge in [-0.25, -0.2) is 0 Å². The third kappa shape index (κ3) is 10.8. The minimum absolute atomic E-state index is 0.0546. The van der Waals surface area contributed by atoms with Gasteiger partial charge in [0.15, 0.2) is 12.6 Å². The maximum atomic E-state index is 11.9. The van der Waals surface area contributed by atoms with Crippen molar-refractivity contribution in [3.63, 3.8) is 0 Å². The standard InChI is InChI=1S/C27H46N2O16/c30-13-15-20(35)21(36)23(38)27(43-15)45-25-16(14-31)44-26(24(39)22(25)37)42-12-11-41-10-9-40-8-6-28-17(32)3-1-2-7-29-18(33)4-5-19(29)34/h15-16,20-27,30-31,35-39H,1-14H2,(H,28,32)/t15-,16-,20+,21-,22-,23+,24+,25-,26+,27-/m1/s1. The molecule has 0 aliphatic carbocycles. The first kappa shape index (κ1) is 37.5. The molecule has 3 fully saturated rings. The summed E-state index contributed by atoms with van der Waals surface area (Å²) in [6.45, 7) is -0.0115. The van der Waals surface area contributed by atoms with Gasteiger partial charge < -0.3 is 69.5 Å². The van der Waals surface area contributed by atoms with Crippen molar-refractivity contribution >= 4 is 17.7 Å². The zero-order valence-electron chi connectivity index (χ0n) is 24.9.